The molecule has 1 heterocycles. The number of hydrogen-bond donors (Lipinski definition) is 4. The van der Waals surface area contributed by atoms with Crippen LogP contribution in [-0.4, -0.2) is 68.6 Å². The van der Waals surface area contributed by atoms with E-state index >= 15 is 0 Å². The monoisotopic (exact) mass is 537 g/mol. The maximum absolute atomic E-state index is 14.3. The average Bonchev–Trinajstić information content (AvgIpc) is 2.94. The lowest BCUT2D eigenvalue weighted by atomic mass is 10.2. The Kier molecular flexibility index (Phi) is 9.06. The lowest BCUT2D eigenvalue weighted by Crippen LogP contribution is -2.50. The van der Waals surface area contributed by atoms with Gasteiger partial charge in [-0.15, -0.1) is 0 Å². The first-order valence-electron chi connectivity index (χ1n) is 12.5. The number of halogens is 1. The average molecular weight is 538 g/mol. The number of hydrogen-bond acceptors (Lipinski definition) is 6. The quantitative estimate of drug-likeness (QED) is 0.336. The molecule has 4 rings (SSSR count). The molecule has 0 bridgehead atoms. The van der Waals surface area contributed by atoms with Gasteiger partial charge in [-0.3, -0.25) is 0 Å². The van der Waals surface area contributed by atoms with Crippen LogP contribution >= 0.6 is 0 Å². The molecule has 1 fully saturated rings. The molecular weight excluding hydrogens is 505 g/mol. The molecular formula is C28H32FN5O5. The Morgan fingerprint density at radius 3 is 2.33 bits per heavy atom. The van der Waals surface area contributed by atoms with E-state index in [9.17, 15) is 14.0 Å². The van der Waals surface area contributed by atoms with E-state index in [4.69, 9.17) is 14.6 Å². The molecule has 1 aliphatic heterocycles. The topological polar surface area (TPSA) is 115 Å². The van der Waals surface area contributed by atoms with Crippen molar-refractivity contribution in [3.05, 3.63) is 72.0 Å². The summed E-state index contributed by atoms with van der Waals surface area (Å²) in [6.45, 7) is 3.96. The van der Waals surface area contributed by atoms with Gasteiger partial charge in [0.1, 0.15) is 23.9 Å². The van der Waals surface area contributed by atoms with Crippen molar-refractivity contribution in [2.24, 2.45) is 0 Å². The molecule has 10 nitrogen and oxygen atoms in total. The largest absolute Gasteiger partial charge is 0.495 e. The molecule has 4 amide bonds. The van der Waals surface area contributed by atoms with E-state index in [0.717, 1.165) is 11.3 Å². The molecule has 3 aromatic rings. The lowest BCUT2D eigenvalue weighted by Gasteiger charge is -2.36. The molecule has 0 aromatic heterocycles. The van der Waals surface area contributed by atoms with Crippen LogP contribution in [0.2, 0.25) is 0 Å². The first-order chi connectivity index (χ1) is 18.9. The molecule has 4 N–H and O–H groups in total. The van der Waals surface area contributed by atoms with Crippen LogP contribution in [0.25, 0.3) is 0 Å². The van der Waals surface area contributed by atoms with Gasteiger partial charge in [0.15, 0.2) is 0 Å². The zero-order chi connectivity index (χ0) is 27.8. The highest BCUT2D eigenvalue weighted by atomic mass is 19.1. The number of benzene rings is 3. The van der Waals surface area contributed by atoms with Gasteiger partial charge in [-0.1, -0.05) is 6.07 Å². The maximum Gasteiger partial charge on any atom is 0.323 e. The van der Waals surface area contributed by atoms with E-state index in [-0.39, 0.29) is 36.7 Å². The smallest absolute Gasteiger partial charge is 0.323 e. The minimum atomic E-state index is -0.613. The van der Waals surface area contributed by atoms with Crippen molar-refractivity contribution in [1.82, 2.24) is 4.90 Å². The molecule has 39 heavy (non-hydrogen) atoms. The number of aliphatic hydroxyl groups is 1. The van der Waals surface area contributed by atoms with Gasteiger partial charge in [0.05, 0.1) is 25.1 Å². The molecule has 1 saturated heterocycles. The molecule has 206 valence electrons. The number of urea groups is 2. The minimum Gasteiger partial charge on any atom is -0.495 e. The van der Waals surface area contributed by atoms with E-state index in [1.54, 1.807) is 18.1 Å². The van der Waals surface area contributed by atoms with Crippen LogP contribution < -0.4 is 30.3 Å². The number of carbonyl (C=O) groups excluding carboxylic acids is 2. The van der Waals surface area contributed by atoms with Gasteiger partial charge in [0.25, 0.3) is 0 Å². The summed E-state index contributed by atoms with van der Waals surface area (Å²) in [6.07, 6.45) is 0. The number of anilines is 4. The lowest BCUT2D eigenvalue weighted by molar-refractivity contribution is 0.201. The number of methoxy groups -OCH3 is 1. The second-order valence-electron chi connectivity index (χ2n) is 8.95. The van der Waals surface area contributed by atoms with Gasteiger partial charge in [0, 0.05) is 43.6 Å². The third-order valence-electron chi connectivity index (χ3n) is 6.20. The fourth-order valence-corrected chi connectivity index (χ4v) is 4.17. The number of nitrogens with zero attached hydrogens (tertiary/aromatic N) is 2. The van der Waals surface area contributed by atoms with E-state index in [1.807, 2.05) is 43.3 Å². The molecule has 0 radical (unpaired) electrons. The second-order valence-corrected chi connectivity index (χ2v) is 8.95. The van der Waals surface area contributed by atoms with Crippen LogP contribution in [0.5, 0.6) is 11.5 Å². The summed E-state index contributed by atoms with van der Waals surface area (Å²) in [7, 11) is 1.55. The standard InChI is InChI=1S/C28H32FN5O5/c1-19-3-10-26(38-2)25(17-19)31-27(36)30-20-4-6-21(7-5-20)33-11-13-34(14-12-33)28(37)32-24-9-8-22(18-23(24)29)39-16-15-35/h3-10,17-18,35H,11-16H2,1-2H3,(H,32,37)(H2,30,31,36). The van der Waals surface area contributed by atoms with Crippen molar-refractivity contribution in [1.29, 1.82) is 0 Å². The number of amides is 4. The molecule has 11 heteroatoms. The van der Waals surface area contributed by atoms with Gasteiger partial charge < -0.3 is 40.3 Å². The summed E-state index contributed by atoms with van der Waals surface area (Å²) in [5.74, 6) is 0.241. The van der Waals surface area contributed by atoms with Crippen LogP contribution in [0.15, 0.2) is 60.7 Å². The molecule has 1 aliphatic rings. The fourth-order valence-electron chi connectivity index (χ4n) is 4.17. The Labute approximate surface area is 226 Å². The maximum atomic E-state index is 14.3. The zero-order valence-electron chi connectivity index (χ0n) is 21.9. The Morgan fingerprint density at radius 2 is 1.67 bits per heavy atom. The third-order valence-corrected chi connectivity index (χ3v) is 6.20. The Hall–Kier alpha value is -4.51. The Bertz CT molecular complexity index is 1300. The number of nitrogens with one attached hydrogen (secondary N) is 3. The summed E-state index contributed by atoms with van der Waals surface area (Å²) in [6, 6.07) is 16.4. The summed E-state index contributed by atoms with van der Waals surface area (Å²) in [4.78, 5) is 28.9. The summed E-state index contributed by atoms with van der Waals surface area (Å²) in [5, 5.41) is 17.0. The summed E-state index contributed by atoms with van der Waals surface area (Å²) in [5.41, 5.74) is 3.24. The summed E-state index contributed by atoms with van der Waals surface area (Å²) < 4.78 is 24.8. The third kappa shape index (κ3) is 7.29. The van der Waals surface area contributed by atoms with E-state index < -0.39 is 5.82 Å². The summed E-state index contributed by atoms with van der Waals surface area (Å²) >= 11 is 0. The van der Waals surface area contributed by atoms with Gasteiger partial charge >= 0.3 is 12.1 Å². The predicted molar refractivity (Wildman–Crippen MR) is 149 cm³/mol. The van der Waals surface area contributed by atoms with Gasteiger partial charge in [-0.25, -0.2) is 14.0 Å². The predicted octanol–water partition coefficient (Wildman–Crippen LogP) is 4.51. The Morgan fingerprint density at radius 1 is 0.923 bits per heavy atom. The van der Waals surface area contributed by atoms with E-state index in [0.29, 0.717) is 43.3 Å². The van der Waals surface area contributed by atoms with Gasteiger partial charge in [0.2, 0.25) is 0 Å². The number of aliphatic hydroxyl groups excluding tert-OH is 1. The first kappa shape index (κ1) is 27.5. The zero-order valence-corrected chi connectivity index (χ0v) is 21.9. The van der Waals surface area contributed by atoms with Gasteiger partial charge in [-0.2, -0.15) is 0 Å². The normalized spacial score (nSPS) is 13.0. The Balaban J connectivity index is 1.26. The first-order valence-corrected chi connectivity index (χ1v) is 12.5. The highest BCUT2D eigenvalue weighted by Gasteiger charge is 2.22. The highest BCUT2D eigenvalue weighted by Crippen LogP contribution is 2.26. The number of ether oxygens (including phenoxy) is 2. The van der Waals surface area contributed by atoms with Crippen molar-refractivity contribution in [2.45, 2.75) is 6.92 Å². The molecule has 0 spiro atoms. The number of carbonyl (C=O) groups is 2. The van der Waals surface area contributed by atoms with E-state index in [1.165, 1.54) is 18.2 Å². The SMILES string of the molecule is COc1ccc(C)cc1NC(=O)Nc1ccc(N2CCN(C(=O)Nc3ccc(OCCO)cc3F)CC2)cc1. The molecule has 0 aliphatic carbocycles. The number of piperazine rings is 1. The van der Waals surface area contributed by atoms with Crippen LogP contribution in [0.1, 0.15) is 5.56 Å². The highest BCUT2D eigenvalue weighted by molar-refractivity contribution is 6.00. The molecule has 0 unspecified atom stereocenters. The van der Waals surface area contributed by atoms with Crippen molar-refractivity contribution in [3.63, 3.8) is 0 Å². The van der Waals surface area contributed by atoms with Crippen molar-refractivity contribution >= 4 is 34.8 Å². The van der Waals surface area contributed by atoms with Gasteiger partial charge in [-0.05, 0) is 61.0 Å². The van der Waals surface area contributed by atoms with Crippen LogP contribution in [-0.2, 0) is 0 Å². The second kappa shape index (κ2) is 12.8. The number of aryl methyl sites for hydroxylation is 1. The number of rotatable bonds is 8. The van der Waals surface area contributed by atoms with Crippen LogP contribution in [0.3, 0.4) is 0 Å². The minimum absolute atomic E-state index is 0.0618. The van der Waals surface area contributed by atoms with Crippen LogP contribution in [0.4, 0.5) is 36.7 Å². The molecule has 0 saturated carbocycles. The molecule has 0 atom stereocenters. The fraction of sp³-hybridized carbons (Fsp3) is 0.286. The van der Waals surface area contributed by atoms with E-state index in [2.05, 4.69) is 20.9 Å². The molecule has 3 aromatic carbocycles. The van der Waals surface area contributed by atoms with Crippen molar-refractivity contribution in [3.8, 4) is 11.5 Å². The van der Waals surface area contributed by atoms with Crippen molar-refractivity contribution in [2.75, 3.05) is 67.4 Å². The van der Waals surface area contributed by atoms with Crippen LogP contribution in [0, 0.1) is 12.7 Å². The van der Waals surface area contributed by atoms with Crippen molar-refractivity contribution < 1.29 is 28.6 Å².